The first kappa shape index (κ1) is 17.5. The summed E-state index contributed by atoms with van der Waals surface area (Å²) < 4.78 is 5.72. The number of amides is 2. The van der Waals surface area contributed by atoms with E-state index in [0.717, 1.165) is 11.3 Å². The molecule has 5 nitrogen and oxygen atoms in total. The van der Waals surface area contributed by atoms with Gasteiger partial charge in [-0.15, -0.1) is 0 Å². The number of benzene rings is 2. The number of carbonyl (C=O) groups excluding carboxylic acids is 2. The number of ether oxygens (including phenoxy) is 1. The molecule has 0 aliphatic heterocycles. The number of para-hydroxylation sites is 1. The first-order valence-corrected chi connectivity index (χ1v) is 7.79. The summed E-state index contributed by atoms with van der Waals surface area (Å²) >= 11 is 0. The van der Waals surface area contributed by atoms with E-state index in [-0.39, 0.29) is 11.8 Å². The van der Waals surface area contributed by atoms with Crippen molar-refractivity contribution in [2.24, 2.45) is 0 Å². The van der Waals surface area contributed by atoms with Gasteiger partial charge in [0.2, 0.25) is 5.91 Å². The highest BCUT2D eigenvalue weighted by molar-refractivity contribution is 5.96. The Balaban J connectivity index is 1.92. The number of likely N-dealkylation sites (N-methyl/N-ethyl adjacent to an activating group) is 1. The third kappa shape index (κ3) is 4.84. The van der Waals surface area contributed by atoms with Crippen LogP contribution >= 0.6 is 0 Å². The molecule has 24 heavy (non-hydrogen) atoms. The zero-order valence-electron chi connectivity index (χ0n) is 14.2. The summed E-state index contributed by atoms with van der Waals surface area (Å²) in [4.78, 5) is 25.2. The van der Waals surface area contributed by atoms with Gasteiger partial charge in [-0.3, -0.25) is 9.59 Å². The van der Waals surface area contributed by atoms with Gasteiger partial charge in [0.1, 0.15) is 12.4 Å². The summed E-state index contributed by atoms with van der Waals surface area (Å²) in [6.07, 6.45) is 0. The van der Waals surface area contributed by atoms with Crippen LogP contribution in [0.15, 0.2) is 48.5 Å². The first-order chi connectivity index (χ1) is 11.5. The maximum Gasteiger partial charge on any atom is 0.253 e. The summed E-state index contributed by atoms with van der Waals surface area (Å²) in [6, 6.07) is 14.7. The Morgan fingerprint density at radius 3 is 2.58 bits per heavy atom. The van der Waals surface area contributed by atoms with E-state index in [1.165, 1.54) is 6.92 Å². The van der Waals surface area contributed by atoms with Crippen LogP contribution in [-0.2, 0) is 4.79 Å². The summed E-state index contributed by atoms with van der Waals surface area (Å²) in [5.41, 5.74) is 2.20. The Hall–Kier alpha value is -2.82. The van der Waals surface area contributed by atoms with Gasteiger partial charge >= 0.3 is 0 Å². The van der Waals surface area contributed by atoms with Crippen LogP contribution in [0.3, 0.4) is 0 Å². The maximum absolute atomic E-state index is 12.4. The standard InChI is InChI=1S/C19H22N2O3/c1-14-7-4-5-10-18(14)24-12-11-21(3)19(23)16-8-6-9-17(13-16)20-15(2)22/h4-10,13H,11-12H2,1-3H3,(H,20,22). The number of hydrogen-bond donors (Lipinski definition) is 1. The van der Waals surface area contributed by atoms with E-state index in [1.54, 1.807) is 36.2 Å². The van der Waals surface area contributed by atoms with E-state index < -0.39 is 0 Å². The fraction of sp³-hybridized carbons (Fsp3) is 0.263. The van der Waals surface area contributed by atoms with Gasteiger partial charge < -0.3 is 15.0 Å². The molecule has 0 heterocycles. The highest BCUT2D eigenvalue weighted by Crippen LogP contribution is 2.16. The molecule has 0 aromatic heterocycles. The Labute approximate surface area is 142 Å². The molecule has 0 saturated heterocycles. The molecule has 2 amide bonds. The predicted octanol–water partition coefficient (Wildman–Crippen LogP) is 3.10. The zero-order chi connectivity index (χ0) is 17.5. The highest BCUT2D eigenvalue weighted by atomic mass is 16.5. The Bertz CT molecular complexity index is 728. The lowest BCUT2D eigenvalue weighted by Gasteiger charge is -2.18. The van der Waals surface area contributed by atoms with Gasteiger partial charge in [0.25, 0.3) is 5.91 Å². The second-order valence-electron chi connectivity index (χ2n) is 5.60. The fourth-order valence-corrected chi connectivity index (χ4v) is 2.27. The smallest absolute Gasteiger partial charge is 0.253 e. The number of nitrogens with zero attached hydrogens (tertiary/aromatic N) is 1. The normalized spacial score (nSPS) is 10.1. The minimum Gasteiger partial charge on any atom is -0.491 e. The SMILES string of the molecule is CC(=O)Nc1cccc(C(=O)N(C)CCOc2ccccc2C)c1. The topological polar surface area (TPSA) is 58.6 Å². The Kier molecular flexibility index (Phi) is 5.95. The van der Waals surface area contributed by atoms with Crippen molar-refractivity contribution in [1.82, 2.24) is 4.90 Å². The minimum absolute atomic E-state index is 0.115. The van der Waals surface area contributed by atoms with E-state index in [1.807, 2.05) is 31.2 Å². The van der Waals surface area contributed by atoms with E-state index in [9.17, 15) is 9.59 Å². The fourth-order valence-electron chi connectivity index (χ4n) is 2.27. The zero-order valence-corrected chi connectivity index (χ0v) is 14.2. The van der Waals surface area contributed by atoms with Gasteiger partial charge in [-0.2, -0.15) is 0 Å². The molecule has 0 spiro atoms. The van der Waals surface area contributed by atoms with Gasteiger partial charge in [-0.1, -0.05) is 24.3 Å². The van der Waals surface area contributed by atoms with E-state index in [0.29, 0.717) is 24.4 Å². The number of nitrogens with one attached hydrogen (secondary N) is 1. The average Bonchev–Trinajstić information content (AvgIpc) is 2.55. The second kappa shape index (κ2) is 8.15. The second-order valence-corrected chi connectivity index (χ2v) is 5.60. The number of aryl methyl sites for hydroxylation is 1. The number of anilines is 1. The van der Waals surface area contributed by atoms with Crippen LogP contribution in [-0.4, -0.2) is 36.9 Å². The quantitative estimate of drug-likeness (QED) is 0.887. The first-order valence-electron chi connectivity index (χ1n) is 7.79. The number of hydrogen-bond acceptors (Lipinski definition) is 3. The van der Waals surface area contributed by atoms with Crippen LogP contribution in [0, 0.1) is 6.92 Å². The molecule has 0 atom stereocenters. The van der Waals surface area contributed by atoms with Crippen molar-refractivity contribution in [3.8, 4) is 5.75 Å². The molecule has 2 aromatic rings. The van der Waals surface area contributed by atoms with Crippen molar-refractivity contribution >= 4 is 17.5 Å². The molecule has 5 heteroatoms. The van der Waals surface area contributed by atoms with Gasteiger partial charge in [-0.05, 0) is 36.8 Å². The van der Waals surface area contributed by atoms with Gasteiger partial charge in [0.05, 0.1) is 6.54 Å². The van der Waals surface area contributed by atoms with Gasteiger partial charge in [0.15, 0.2) is 0 Å². The van der Waals surface area contributed by atoms with Crippen molar-refractivity contribution < 1.29 is 14.3 Å². The third-order valence-corrected chi connectivity index (χ3v) is 3.55. The molecule has 1 N–H and O–H groups in total. The van der Waals surface area contributed by atoms with Crippen LogP contribution in [0.25, 0.3) is 0 Å². The molecule has 0 fully saturated rings. The summed E-state index contributed by atoms with van der Waals surface area (Å²) in [5.74, 6) is 0.543. The number of rotatable bonds is 6. The van der Waals surface area contributed by atoms with Crippen LogP contribution in [0.1, 0.15) is 22.8 Å². The predicted molar refractivity (Wildman–Crippen MR) is 94.4 cm³/mol. The monoisotopic (exact) mass is 326 g/mol. The molecule has 126 valence electrons. The van der Waals surface area contributed by atoms with Gasteiger partial charge in [-0.25, -0.2) is 0 Å². The van der Waals surface area contributed by atoms with Crippen LogP contribution in [0.2, 0.25) is 0 Å². The minimum atomic E-state index is -0.167. The third-order valence-electron chi connectivity index (χ3n) is 3.55. The molecular weight excluding hydrogens is 304 g/mol. The molecule has 2 rings (SSSR count). The lowest BCUT2D eigenvalue weighted by atomic mass is 10.1. The van der Waals surface area contributed by atoms with Crippen molar-refractivity contribution in [2.75, 3.05) is 25.5 Å². The molecular formula is C19H22N2O3. The van der Waals surface area contributed by atoms with Crippen LogP contribution < -0.4 is 10.1 Å². The lowest BCUT2D eigenvalue weighted by Crippen LogP contribution is -2.31. The van der Waals surface area contributed by atoms with Gasteiger partial charge in [0, 0.05) is 25.2 Å². The number of carbonyl (C=O) groups is 2. The van der Waals surface area contributed by atoms with Crippen LogP contribution in [0.5, 0.6) is 5.75 Å². The van der Waals surface area contributed by atoms with E-state index >= 15 is 0 Å². The average molecular weight is 326 g/mol. The van der Waals surface area contributed by atoms with E-state index in [2.05, 4.69) is 5.32 Å². The highest BCUT2D eigenvalue weighted by Gasteiger charge is 2.12. The van der Waals surface area contributed by atoms with Crippen molar-refractivity contribution in [1.29, 1.82) is 0 Å². The molecule has 2 aromatic carbocycles. The van der Waals surface area contributed by atoms with E-state index in [4.69, 9.17) is 4.74 Å². The van der Waals surface area contributed by atoms with Crippen molar-refractivity contribution in [3.05, 3.63) is 59.7 Å². The molecule has 0 unspecified atom stereocenters. The maximum atomic E-state index is 12.4. The molecule has 0 radical (unpaired) electrons. The summed E-state index contributed by atoms with van der Waals surface area (Å²) in [6.45, 7) is 4.30. The summed E-state index contributed by atoms with van der Waals surface area (Å²) in [7, 11) is 1.73. The molecule has 0 aliphatic carbocycles. The molecule has 0 saturated carbocycles. The van der Waals surface area contributed by atoms with Crippen molar-refractivity contribution in [2.45, 2.75) is 13.8 Å². The van der Waals surface area contributed by atoms with Crippen molar-refractivity contribution in [3.63, 3.8) is 0 Å². The lowest BCUT2D eigenvalue weighted by molar-refractivity contribution is -0.114. The Morgan fingerprint density at radius 2 is 1.88 bits per heavy atom. The molecule has 0 aliphatic rings. The summed E-state index contributed by atoms with van der Waals surface area (Å²) in [5, 5.41) is 2.68. The molecule has 0 bridgehead atoms. The Morgan fingerprint density at radius 1 is 1.12 bits per heavy atom. The largest absolute Gasteiger partial charge is 0.491 e. The van der Waals surface area contributed by atoms with Crippen LogP contribution in [0.4, 0.5) is 5.69 Å².